The van der Waals surface area contributed by atoms with Crippen molar-refractivity contribution in [3.8, 4) is 5.75 Å². The Labute approximate surface area is 159 Å². The molecule has 3 rings (SSSR count). The van der Waals surface area contributed by atoms with E-state index in [2.05, 4.69) is 47.4 Å². The van der Waals surface area contributed by atoms with Gasteiger partial charge in [0.15, 0.2) is 12.4 Å². The minimum atomic E-state index is -0.347. The number of ether oxygens (including phenoxy) is 1. The predicted octanol–water partition coefficient (Wildman–Crippen LogP) is 4.35. The lowest BCUT2D eigenvalue weighted by Gasteiger charge is -2.11. The van der Waals surface area contributed by atoms with Gasteiger partial charge >= 0.3 is 0 Å². The second kappa shape index (κ2) is 7.87. The number of nitrogens with one attached hydrogen (secondary N) is 1. The standard InChI is InChI=1S/C16H11Br2N3O2S/c17-12-6-13(18)16(15-11(12)2-1-4-19-15)23-8-14(22)21-20-7-10-3-5-24-9-10/h1-7,9H,8H2,(H,21,22)/b20-7+. The van der Waals surface area contributed by atoms with Crippen LogP contribution >= 0.6 is 43.2 Å². The average Bonchev–Trinajstić information content (AvgIpc) is 3.08. The third kappa shape index (κ3) is 4.00. The number of carbonyl (C=O) groups excluding carboxylic acids is 1. The number of nitrogens with zero attached hydrogens (tertiary/aromatic N) is 2. The number of fused-ring (bicyclic) bond motifs is 1. The van der Waals surface area contributed by atoms with Crippen LogP contribution in [-0.4, -0.2) is 23.7 Å². The largest absolute Gasteiger partial charge is 0.480 e. The van der Waals surface area contributed by atoms with Crippen molar-refractivity contribution in [2.24, 2.45) is 5.10 Å². The third-order valence-electron chi connectivity index (χ3n) is 3.04. The highest BCUT2D eigenvalue weighted by Gasteiger charge is 2.13. The zero-order chi connectivity index (χ0) is 16.9. The molecule has 0 aliphatic heterocycles. The van der Waals surface area contributed by atoms with Gasteiger partial charge in [0.25, 0.3) is 5.91 Å². The van der Waals surface area contributed by atoms with Gasteiger partial charge in [0.2, 0.25) is 0 Å². The molecule has 0 aliphatic carbocycles. The van der Waals surface area contributed by atoms with E-state index in [0.29, 0.717) is 11.3 Å². The normalized spacial score (nSPS) is 11.1. The number of hydrogen-bond acceptors (Lipinski definition) is 5. The molecule has 1 aromatic carbocycles. The molecule has 0 fully saturated rings. The van der Waals surface area contributed by atoms with E-state index in [1.165, 1.54) is 0 Å². The molecule has 0 spiro atoms. The number of rotatable bonds is 5. The molecule has 1 amide bonds. The van der Waals surface area contributed by atoms with E-state index in [4.69, 9.17) is 4.74 Å². The summed E-state index contributed by atoms with van der Waals surface area (Å²) >= 11 is 8.50. The monoisotopic (exact) mass is 467 g/mol. The number of thiophene rings is 1. The highest BCUT2D eigenvalue weighted by atomic mass is 79.9. The Hall–Kier alpha value is -1.77. The van der Waals surface area contributed by atoms with Crippen molar-refractivity contribution in [1.29, 1.82) is 0 Å². The Morgan fingerprint density at radius 3 is 3.04 bits per heavy atom. The first-order valence-electron chi connectivity index (χ1n) is 6.85. The van der Waals surface area contributed by atoms with Gasteiger partial charge in [-0.3, -0.25) is 9.78 Å². The highest BCUT2D eigenvalue weighted by molar-refractivity contribution is 9.11. The molecule has 2 heterocycles. The van der Waals surface area contributed by atoms with Crippen molar-refractivity contribution in [2.45, 2.75) is 0 Å². The molecule has 8 heteroatoms. The first kappa shape index (κ1) is 17.1. The molecule has 0 unspecified atom stereocenters. The molecule has 122 valence electrons. The minimum absolute atomic E-state index is 0.160. The fourth-order valence-electron chi connectivity index (χ4n) is 1.98. The third-order valence-corrected chi connectivity index (χ3v) is 4.99. The van der Waals surface area contributed by atoms with Crippen LogP contribution in [0.2, 0.25) is 0 Å². The number of carbonyl (C=O) groups is 1. The van der Waals surface area contributed by atoms with E-state index in [9.17, 15) is 4.79 Å². The maximum absolute atomic E-state index is 11.9. The van der Waals surface area contributed by atoms with E-state index in [1.807, 2.05) is 35.0 Å². The molecule has 0 bridgehead atoms. The number of aromatic nitrogens is 1. The van der Waals surface area contributed by atoms with Gasteiger partial charge in [0, 0.05) is 21.6 Å². The van der Waals surface area contributed by atoms with Crippen LogP contribution in [0.3, 0.4) is 0 Å². The van der Waals surface area contributed by atoms with Crippen molar-refractivity contribution in [1.82, 2.24) is 10.4 Å². The number of halogens is 2. The molecular formula is C16H11Br2N3O2S. The Morgan fingerprint density at radius 2 is 2.25 bits per heavy atom. The topological polar surface area (TPSA) is 63.6 Å². The van der Waals surface area contributed by atoms with Gasteiger partial charge in [-0.25, -0.2) is 5.43 Å². The molecule has 1 N–H and O–H groups in total. The summed E-state index contributed by atoms with van der Waals surface area (Å²) in [5, 5.41) is 8.67. The zero-order valence-corrected chi connectivity index (χ0v) is 16.2. The van der Waals surface area contributed by atoms with Gasteiger partial charge in [-0.2, -0.15) is 16.4 Å². The summed E-state index contributed by atoms with van der Waals surface area (Å²) in [6.45, 7) is -0.160. The van der Waals surface area contributed by atoms with Crippen LogP contribution in [0.5, 0.6) is 5.75 Å². The van der Waals surface area contributed by atoms with E-state index >= 15 is 0 Å². The Bertz CT molecular complexity index is 898. The summed E-state index contributed by atoms with van der Waals surface area (Å²) in [5.41, 5.74) is 4.05. The van der Waals surface area contributed by atoms with Crippen molar-refractivity contribution in [3.63, 3.8) is 0 Å². The first-order chi connectivity index (χ1) is 11.6. The molecule has 5 nitrogen and oxygen atoms in total. The van der Waals surface area contributed by atoms with Gasteiger partial charge in [0.1, 0.15) is 5.52 Å². The smallest absolute Gasteiger partial charge is 0.277 e. The van der Waals surface area contributed by atoms with Gasteiger partial charge in [-0.05, 0) is 44.9 Å². The molecule has 0 saturated carbocycles. The Balaban J connectivity index is 1.68. The summed E-state index contributed by atoms with van der Waals surface area (Å²) in [4.78, 5) is 16.2. The molecule has 2 aromatic heterocycles. The molecule has 24 heavy (non-hydrogen) atoms. The lowest BCUT2D eigenvalue weighted by molar-refractivity contribution is -0.123. The van der Waals surface area contributed by atoms with E-state index in [1.54, 1.807) is 23.7 Å². The summed E-state index contributed by atoms with van der Waals surface area (Å²) in [6.07, 6.45) is 3.26. The Morgan fingerprint density at radius 1 is 1.38 bits per heavy atom. The average molecular weight is 469 g/mol. The number of benzene rings is 1. The summed E-state index contributed by atoms with van der Waals surface area (Å²) in [7, 11) is 0. The van der Waals surface area contributed by atoms with Crippen molar-refractivity contribution in [2.75, 3.05) is 6.61 Å². The van der Waals surface area contributed by atoms with E-state index in [0.717, 1.165) is 19.9 Å². The van der Waals surface area contributed by atoms with Gasteiger partial charge in [0.05, 0.1) is 10.7 Å². The van der Waals surface area contributed by atoms with Crippen LogP contribution in [0.25, 0.3) is 10.9 Å². The zero-order valence-electron chi connectivity index (χ0n) is 12.2. The van der Waals surface area contributed by atoms with Crippen molar-refractivity contribution < 1.29 is 9.53 Å². The molecule has 0 aliphatic rings. The predicted molar refractivity (Wildman–Crippen MR) is 103 cm³/mol. The molecule has 0 atom stereocenters. The second-order valence-electron chi connectivity index (χ2n) is 4.71. The van der Waals surface area contributed by atoms with Gasteiger partial charge < -0.3 is 4.74 Å². The summed E-state index contributed by atoms with van der Waals surface area (Å²) in [5.74, 6) is 0.172. The van der Waals surface area contributed by atoms with E-state index in [-0.39, 0.29) is 12.5 Å². The number of hydrazone groups is 1. The SMILES string of the molecule is O=C(COc1c(Br)cc(Br)c2cccnc12)N/N=C/c1ccsc1. The highest BCUT2D eigenvalue weighted by Crippen LogP contribution is 2.37. The van der Waals surface area contributed by atoms with Crippen LogP contribution in [-0.2, 0) is 4.79 Å². The molecule has 3 aromatic rings. The molecule has 0 radical (unpaired) electrons. The minimum Gasteiger partial charge on any atom is -0.480 e. The van der Waals surface area contributed by atoms with Crippen LogP contribution in [0.4, 0.5) is 0 Å². The van der Waals surface area contributed by atoms with Gasteiger partial charge in [-0.1, -0.05) is 22.0 Å². The lowest BCUT2D eigenvalue weighted by Crippen LogP contribution is -2.24. The maximum atomic E-state index is 11.9. The van der Waals surface area contributed by atoms with Crippen LogP contribution < -0.4 is 10.2 Å². The fourth-order valence-corrected chi connectivity index (χ4v) is 3.98. The number of amides is 1. The second-order valence-corrected chi connectivity index (χ2v) is 7.20. The lowest BCUT2D eigenvalue weighted by atomic mass is 10.2. The van der Waals surface area contributed by atoms with E-state index < -0.39 is 0 Å². The van der Waals surface area contributed by atoms with Crippen LogP contribution in [0.15, 0.2) is 55.3 Å². The number of hydrogen-bond donors (Lipinski definition) is 1. The van der Waals surface area contributed by atoms with Crippen molar-refractivity contribution >= 4 is 66.2 Å². The molecular weight excluding hydrogens is 458 g/mol. The molecule has 0 saturated heterocycles. The number of pyridine rings is 1. The first-order valence-corrected chi connectivity index (χ1v) is 9.37. The van der Waals surface area contributed by atoms with Gasteiger partial charge in [-0.15, -0.1) is 0 Å². The quantitative estimate of drug-likeness (QED) is 0.447. The fraction of sp³-hybridized carbons (Fsp3) is 0.0625. The van der Waals surface area contributed by atoms with Crippen LogP contribution in [0.1, 0.15) is 5.56 Å². The van der Waals surface area contributed by atoms with Crippen LogP contribution in [0, 0.1) is 0 Å². The maximum Gasteiger partial charge on any atom is 0.277 e. The Kier molecular flexibility index (Phi) is 5.60. The summed E-state index contributed by atoms with van der Waals surface area (Å²) < 4.78 is 7.26. The summed E-state index contributed by atoms with van der Waals surface area (Å²) in [6, 6.07) is 7.55. The van der Waals surface area contributed by atoms with Crippen molar-refractivity contribution in [3.05, 3.63) is 55.7 Å².